The second-order valence-electron chi connectivity index (χ2n) is 6.53. The molecule has 0 saturated carbocycles. The fraction of sp³-hybridized carbons (Fsp3) is 0.143. The molecule has 4 aromatic rings. The highest BCUT2D eigenvalue weighted by molar-refractivity contribution is 6.06. The number of benzene rings is 2. The molecule has 0 fully saturated rings. The van der Waals surface area contributed by atoms with Gasteiger partial charge in [-0.05, 0) is 49.4 Å². The van der Waals surface area contributed by atoms with Gasteiger partial charge in [0.25, 0.3) is 12.3 Å². The lowest BCUT2D eigenvalue weighted by Gasteiger charge is -2.08. The van der Waals surface area contributed by atoms with E-state index >= 15 is 0 Å². The van der Waals surface area contributed by atoms with Crippen LogP contribution in [0.3, 0.4) is 0 Å². The summed E-state index contributed by atoms with van der Waals surface area (Å²) in [4.78, 5) is 30.7. The molecule has 2 aromatic heterocycles. The molecule has 0 unspecified atom stereocenters. The number of alkyl halides is 2. The van der Waals surface area contributed by atoms with Crippen molar-refractivity contribution in [2.24, 2.45) is 0 Å². The Labute approximate surface area is 174 Å². The molecule has 0 aliphatic heterocycles. The number of esters is 1. The number of fused-ring (bicyclic) bond motifs is 1. The summed E-state index contributed by atoms with van der Waals surface area (Å²) in [5.41, 5.74) is 2.27. The SMILES string of the molecule is CCOC(=O)c1ccn(-c2cccc(NC(=O)c3ccc4nc(C(F)F)[nH]c4c3)c2)n1. The van der Waals surface area contributed by atoms with E-state index in [2.05, 4.69) is 20.4 Å². The average molecular weight is 425 g/mol. The number of nitrogens with zero attached hydrogens (tertiary/aromatic N) is 3. The Hall–Kier alpha value is -4.08. The number of hydrogen-bond donors (Lipinski definition) is 2. The normalized spacial score (nSPS) is 11.1. The summed E-state index contributed by atoms with van der Waals surface area (Å²) in [5, 5.41) is 6.94. The van der Waals surface area contributed by atoms with Crippen molar-refractivity contribution in [3.63, 3.8) is 0 Å². The van der Waals surface area contributed by atoms with Crippen molar-refractivity contribution in [2.45, 2.75) is 13.3 Å². The van der Waals surface area contributed by atoms with Crippen molar-refractivity contribution in [3.8, 4) is 5.69 Å². The van der Waals surface area contributed by atoms with Gasteiger partial charge in [0, 0.05) is 17.4 Å². The third-order valence-electron chi connectivity index (χ3n) is 4.41. The summed E-state index contributed by atoms with van der Waals surface area (Å²) in [6.07, 6.45) is -1.11. The first-order valence-corrected chi connectivity index (χ1v) is 9.37. The van der Waals surface area contributed by atoms with Crippen LogP contribution in [0.5, 0.6) is 0 Å². The van der Waals surface area contributed by atoms with Crippen LogP contribution in [-0.4, -0.2) is 38.2 Å². The zero-order valence-electron chi connectivity index (χ0n) is 16.3. The van der Waals surface area contributed by atoms with Gasteiger partial charge in [-0.1, -0.05) is 6.07 Å². The molecule has 2 heterocycles. The highest BCUT2D eigenvalue weighted by Crippen LogP contribution is 2.21. The number of aromatic amines is 1. The number of amides is 1. The smallest absolute Gasteiger partial charge is 0.358 e. The molecule has 4 rings (SSSR count). The molecule has 2 aromatic carbocycles. The molecule has 0 aliphatic rings. The molecular weight excluding hydrogens is 408 g/mol. The summed E-state index contributed by atoms with van der Waals surface area (Å²) in [6.45, 7) is 1.96. The van der Waals surface area contributed by atoms with Gasteiger partial charge in [-0.15, -0.1) is 0 Å². The predicted molar refractivity (Wildman–Crippen MR) is 109 cm³/mol. The number of ether oxygens (including phenoxy) is 1. The van der Waals surface area contributed by atoms with Gasteiger partial charge in [0.2, 0.25) is 0 Å². The number of aromatic nitrogens is 4. The molecular formula is C21H17F2N5O3. The predicted octanol–water partition coefficient (Wildman–Crippen LogP) is 4.12. The van der Waals surface area contributed by atoms with Crippen LogP contribution in [0.2, 0.25) is 0 Å². The highest BCUT2D eigenvalue weighted by Gasteiger charge is 2.15. The zero-order chi connectivity index (χ0) is 22.0. The molecule has 8 nitrogen and oxygen atoms in total. The number of carbonyl (C=O) groups is 2. The van der Waals surface area contributed by atoms with E-state index in [4.69, 9.17) is 4.74 Å². The van der Waals surface area contributed by atoms with E-state index in [0.717, 1.165) is 0 Å². The van der Waals surface area contributed by atoms with E-state index in [-0.39, 0.29) is 17.9 Å². The molecule has 0 aliphatic carbocycles. The maximum absolute atomic E-state index is 12.8. The second kappa shape index (κ2) is 8.34. The first-order chi connectivity index (χ1) is 14.9. The molecule has 0 atom stereocenters. The summed E-state index contributed by atoms with van der Waals surface area (Å²) in [6, 6.07) is 12.9. The Morgan fingerprint density at radius 1 is 1.19 bits per heavy atom. The van der Waals surface area contributed by atoms with Crippen molar-refractivity contribution in [3.05, 3.63) is 71.8 Å². The topological polar surface area (TPSA) is 102 Å². The minimum absolute atomic E-state index is 0.173. The number of anilines is 1. The van der Waals surface area contributed by atoms with Crippen molar-refractivity contribution in [1.82, 2.24) is 19.7 Å². The van der Waals surface area contributed by atoms with E-state index in [1.807, 2.05) is 0 Å². The highest BCUT2D eigenvalue weighted by atomic mass is 19.3. The van der Waals surface area contributed by atoms with Gasteiger partial charge >= 0.3 is 5.97 Å². The fourth-order valence-electron chi connectivity index (χ4n) is 2.99. The van der Waals surface area contributed by atoms with Gasteiger partial charge in [-0.3, -0.25) is 4.79 Å². The first kappa shape index (κ1) is 20.2. The lowest BCUT2D eigenvalue weighted by atomic mass is 10.2. The molecule has 0 spiro atoms. The van der Waals surface area contributed by atoms with Crippen molar-refractivity contribution in [2.75, 3.05) is 11.9 Å². The quantitative estimate of drug-likeness (QED) is 0.453. The Kier molecular flexibility index (Phi) is 5.44. The Balaban J connectivity index is 1.53. The van der Waals surface area contributed by atoms with Crippen molar-refractivity contribution in [1.29, 1.82) is 0 Å². The Morgan fingerprint density at radius 2 is 2.03 bits per heavy atom. The number of imidazole rings is 1. The minimum Gasteiger partial charge on any atom is -0.461 e. The summed E-state index contributed by atoms with van der Waals surface area (Å²) in [7, 11) is 0. The number of hydrogen-bond acceptors (Lipinski definition) is 5. The number of H-pyrrole nitrogens is 1. The summed E-state index contributed by atoms with van der Waals surface area (Å²) >= 11 is 0. The Morgan fingerprint density at radius 3 is 2.81 bits per heavy atom. The van der Waals surface area contributed by atoms with Crippen LogP contribution in [0, 0.1) is 0 Å². The van der Waals surface area contributed by atoms with E-state index in [1.165, 1.54) is 28.9 Å². The van der Waals surface area contributed by atoms with Crippen molar-refractivity contribution < 1.29 is 23.1 Å². The molecule has 2 N–H and O–H groups in total. The summed E-state index contributed by atoms with van der Waals surface area (Å²) < 4.78 is 32.0. The number of rotatable bonds is 6. The van der Waals surface area contributed by atoms with Gasteiger partial charge in [-0.25, -0.2) is 23.2 Å². The van der Waals surface area contributed by atoms with Crippen LogP contribution < -0.4 is 5.32 Å². The third-order valence-corrected chi connectivity index (χ3v) is 4.41. The van der Waals surface area contributed by atoms with E-state index in [1.54, 1.807) is 37.4 Å². The molecule has 31 heavy (non-hydrogen) atoms. The lowest BCUT2D eigenvalue weighted by molar-refractivity contribution is 0.0518. The van der Waals surface area contributed by atoms with Crippen LogP contribution in [0.1, 0.15) is 40.0 Å². The van der Waals surface area contributed by atoms with E-state index in [0.29, 0.717) is 22.4 Å². The molecule has 0 saturated heterocycles. The zero-order valence-corrected chi connectivity index (χ0v) is 16.3. The van der Waals surface area contributed by atoms with Gasteiger partial charge < -0.3 is 15.0 Å². The average Bonchev–Trinajstić information content (AvgIpc) is 3.41. The Bertz CT molecular complexity index is 1260. The molecule has 1 amide bonds. The first-order valence-electron chi connectivity index (χ1n) is 9.37. The van der Waals surface area contributed by atoms with Crippen LogP contribution >= 0.6 is 0 Å². The molecule has 158 valence electrons. The van der Waals surface area contributed by atoms with Crippen LogP contribution in [0.15, 0.2) is 54.7 Å². The van der Waals surface area contributed by atoms with Crippen LogP contribution in [0.4, 0.5) is 14.5 Å². The second-order valence-corrected chi connectivity index (χ2v) is 6.53. The fourth-order valence-corrected chi connectivity index (χ4v) is 2.99. The van der Waals surface area contributed by atoms with Gasteiger partial charge in [-0.2, -0.15) is 5.10 Å². The maximum Gasteiger partial charge on any atom is 0.358 e. The lowest BCUT2D eigenvalue weighted by Crippen LogP contribution is -2.12. The van der Waals surface area contributed by atoms with Gasteiger partial charge in [0.05, 0.1) is 23.3 Å². The molecule has 0 bridgehead atoms. The minimum atomic E-state index is -2.72. The molecule has 0 radical (unpaired) electrons. The number of nitrogens with one attached hydrogen (secondary N) is 2. The number of carbonyl (C=O) groups excluding carboxylic acids is 2. The monoisotopic (exact) mass is 425 g/mol. The van der Waals surface area contributed by atoms with Crippen LogP contribution in [0.25, 0.3) is 16.7 Å². The van der Waals surface area contributed by atoms with Crippen molar-refractivity contribution >= 4 is 28.6 Å². The third kappa shape index (κ3) is 4.27. The van der Waals surface area contributed by atoms with Gasteiger partial charge in [0.1, 0.15) is 0 Å². The van der Waals surface area contributed by atoms with E-state index < -0.39 is 24.1 Å². The largest absolute Gasteiger partial charge is 0.461 e. The molecule has 10 heteroatoms. The number of halogens is 2. The maximum atomic E-state index is 12.8. The standard InChI is InChI=1S/C21H17F2N5O3/c1-2-31-21(30)16-8-9-28(27-16)14-5-3-4-13(11-14)24-20(29)12-6-7-15-17(10-12)26-19(25-15)18(22)23/h3-11,18H,2H2,1H3,(H,24,29)(H,25,26). The van der Waals surface area contributed by atoms with E-state index in [9.17, 15) is 18.4 Å². The van der Waals surface area contributed by atoms with Gasteiger partial charge in [0.15, 0.2) is 11.5 Å². The van der Waals surface area contributed by atoms with Crippen LogP contribution in [-0.2, 0) is 4.74 Å². The summed E-state index contributed by atoms with van der Waals surface area (Å²) in [5.74, 6) is -1.38.